The van der Waals surface area contributed by atoms with E-state index in [9.17, 15) is 4.39 Å². The molecule has 36 heavy (non-hydrogen) atoms. The lowest BCUT2D eigenvalue weighted by molar-refractivity contribution is 0.154. The number of hydrogen-bond acceptors (Lipinski definition) is 5. The van der Waals surface area contributed by atoms with Crippen LogP contribution in [0.25, 0.3) is 44.7 Å². The first kappa shape index (κ1) is 22.3. The number of hydrogen-bond donors (Lipinski definition) is 2. The monoisotopic (exact) mass is 483 g/mol. The quantitative estimate of drug-likeness (QED) is 0.286. The fourth-order valence-corrected chi connectivity index (χ4v) is 4.87. The van der Waals surface area contributed by atoms with Gasteiger partial charge in [-0.25, -0.2) is 4.39 Å². The molecule has 1 fully saturated rings. The number of halogens is 1. The summed E-state index contributed by atoms with van der Waals surface area (Å²) in [5, 5.41) is 8.56. The first-order chi connectivity index (χ1) is 17.7. The van der Waals surface area contributed by atoms with E-state index >= 15 is 0 Å². The predicted molar refractivity (Wildman–Crippen MR) is 136 cm³/mol. The Morgan fingerprint density at radius 2 is 1.67 bits per heavy atom. The van der Waals surface area contributed by atoms with E-state index in [1.54, 1.807) is 30.9 Å². The van der Waals surface area contributed by atoms with Crippen molar-refractivity contribution in [3.8, 4) is 45.3 Å². The molecule has 182 valence electrons. The highest BCUT2D eigenvalue weighted by atomic mass is 19.1. The Hall–Kier alpha value is -4.20. The van der Waals surface area contributed by atoms with E-state index in [4.69, 9.17) is 9.47 Å². The van der Waals surface area contributed by atoms with E-state index in [2.05, 4.69) is 25.1 Å². The molecule has 1 aromatic carbocycles. The van der Waals surface area contributed by atoms with E-state index in [1.807, 2.05) is 18.2 Å². The van der Waals surface area contributed by atoms with Crippen molar-refractivity contribution in [1.82, 2.24) is 25.1 Å². The van der Waals surface area contributed by atoms with Crippen molar-refractivity contribution in [2.24, 2.45) is 0 Å². The average Bonchev–Trinajstić information content (AvgIpc) is 3.56. The Morgan fingerprint density at radius 1 is 0.833 bits per heavy atom. The topological polar surface area (TPSA) is 88.7 Å². The standard InChI is InChI=1S/C28H26FN5O2/c1-35-21-8-17(7-19(29)10-21)24-15-31-16-28-23(24)11-26(32-28)27-12-25(33-34-27)18-9-22(14-30-13-18)36-20-5-3-2-4-6-20/h7-16,20,32H,2-6H2,1H3,(H,33,34). The van der Waals surface area contributed by atoms with Gasteiger partial charge in [-0.2, -0.15) is 5.10 Å². The normalized spacial score (nSPS) is 14.3. The van der Waals surface area contributed by atoms with Crippen LogP contribution in [0.15, 0.2) is 61.2 Å². The van der Waals surface area contributed by atoms with Gasteiger partial charge in [-0.15, -0.1) is 0 Å². The molecular weight excluding hydrogens is 457 g/mol. The van der Waals surface area contributed by atoms with E-state index < -0.39 is 0 Å². The number of ether oxygens (including phenoxy) is 2. The number of fused-ring (bicyclic) bond motifs is 1. The average molecular weight is 484 g/mol. The van der Waals surface area contributed by atoms with Gasteiger partial charge in [0.2, 0.25) is 0 Å². The van der Waals surface area contributed by atoms with Crippen LogP contribution in [-0.4, -0.2) is 38.4 Å². The number of pyridine rings is 2. The van der Waals surface area contributed by atoms with Gasteiger partial charge in [-0.3, -0.25) is 15.1 Å². The summed E-state index contributed by atoms with van der Waals surface area (Å²) in [5.74, 6) is 0.873. The minimum absolute atomic E-state index is 0.264. The van der Waals surface area contributed by atoms with Crippen molar-refractivity contribution in [2.45, 2.75) is 38.2 Å². The van der Waals surface area contributed by atoms with Crippen LogP contribution in [-0.2, 0) is 0 Å². The van der Waals surface area contributed by atoms with Gasteiger partial charge in [-0.05, 0) is 61.6 Å². The molecule has 4 aromatic heterocycles. The van der Waals surface area contributed by atoms with Crippen molar-refractivity contribution in [2.75, 3.05) is 7.11 Å². The summed E-state index contributed by atoms with van der Waals surface area (Å²) in [6, 6.07) is 10.6. The molecule has 0 radical (unpaired) electrons. The van der Waals surface area contributed by atoms with Gasteiger partial charge in [-0.1, -0.05) is 6.42 Å². The van der Waals surface area contributed by atoms with Crippen molar-refractivity contribution in [3.05, 3.63) is 67.0 Å². The lowest BCUT2D eigenvalue weighted by Gasteiger charge is -2.22. The second kappa shape index (κ2) is 9.45. The summed E-state index contributed by atoms with van der Waals surface area (Å²) in [7, 11) is 1.52. The zero-order chi connectivity index (χ0) is 24.5. The highest BCUT2D eigenvalue weighted by molar-refractivity contribution is 5.97. The minimum atomic E-state index is -0.364. The van der Waals surface area contributed by atoms with Crippen LogP contribution in [0.5, 0.6) is 11.5 Å². The molecule has 5 aromatic rings. The van der Waals surface area contributed by atoms with Crippen LogP contribution in [0.2, 0.25) is 0 Å². The smallest absolute Gasteiger partial charge is 0.138 e. The highest BCUT2D eigenvalue weighted by Gasteiger charge is 2.17. The third-order valence-electron chi connectivity index (χ3n) is 6.70. The maximum Gasteiger partial charge on any atom is 0.138 e. The lowest BCUT2D eigenvalue weighted by atomic mass is 9.98. The fourth-order valence-electron chi connectivity index (χ4n) is 4.87. The zero-order valence-electron chi connectivity index (χ0n) is 19.9. The van der Waals surface area contributed by atoms with Crippen LogP contribution in [0, 0.1) is 5.82 Å². The molecule has 0 aliphatic heterocycles. The SMILES string of the molecule is COc1cc(F)cc(-c2cncc3[nH]c(-c4cc(-c5cncc(OC6CCCCC6)c5)[nH]n4)cc23)c1. The van der Waals surface area contributed by atoms with Crippen LogP contribution in [0.3, 0.4) is 0 Å². The molecule has 8 heteroatoms. The minimum Gasteiger partial charge on any atom is -0.497 e. The maximum atomic E-state index is 14.2. The Morgan fingerprint density at radius 3 is 2.53 bits per heavy atom. The van der Waals surface area contributed by atoms with Crippen molar-refractivity contribution in [3.63, 3.8) is 0 Å². The second-order valence-electron chi connectivity index (χ2n) is 9.17. The second-order valence-corrected chi connectivity index (χ2v) is 9.17. The molecule has 1 saturated carbocycles. The summed E-state index contributed by atoms with van der Waals surface area (Å²) < 4.78 is 25.6. The Kier molecular flexibility index (Phi) is 5.85. The molecule has 4 heterocycles. The summed E-state index contributed by atoms with van der Waals surface area (Å²) in [6.07, 6.45) is 13.2. The lowest BCUT2D eigenvalue weighted by Crippen LogP contribution is -2.19. The number of nitrogens with zero attached hydrogens (tertiary/aromatic N) is 3. The van der Waals surface area contributed by atoms with Gasteiger partial charge >= 0.3 is 0 Å². The number of aromatic nitrogens is 5. The molecule has 0 bridgehead atoms. The predicted octanol–water partition coefficient (Wildman–Crippen LogP) is 6.54. The largest absolute Gasteiger partial charge is 0.497 e. The van der Waals surface area contributed by atoms with Gasteiger partial charge < -0.3 is 14.5 Å². The Balaban J connectivity index is 1.30. The molecule has 2 N–H and O–H groups in total. The first-order valence-corrected chi connectivity index (χ1v) is 12.2. The van der Waals surface area contributed by atoms with Gasteiger partial charge in [0.05, 0.1) is 42.5 Å². The van der Waals surface area contributed by atoms with Gasteiger partial charge in [0.25, 0.3) is 0 Å². The molecule has 0 spiro atoms. The van der Waals surface area contributed by atoms with Crippen molar-refractivity contribution < 1.29 is 13.9 Å². The van der Waals surface area contributed by atoms with Gasteiger partial charge in [0.15, 0.2) is 0 Å². The maximum absolute atomic E-state index is 14.2. The number of methoxy groups -OCH3 is 1. The number of aromatic amines is 2. The van der Waals surface area contributed by atoms with E-state index in [0.29, 0.717) is 11.3 Å². The third kappa shape index (κ3) is 4.42. The van der Waals surface area contributed by atoms with E-state index in [1.165, 1.54) is 38.5 Å². The van der Waals surface area contributed by atoms with Gasteiger partial charge in [0.1, 0.15) is 23.0 Å². The van der Waals surface area contributed by atoms with Crippen LogP contribution in [0.1, 0.15) is 32.1 Å². The summed E-state index contributed by atoms with van der Waals surface area (Å²) in [6.45, 7) is 0. The number of benzene rings is 1. The molecule has 6 rings (SSSR count). The Labute approximate surface area is 207 Å². The van der Waals surface area contributed by atoms with Gasteiger partial charge in [0, 0.05) is 35.0 Å². The Bertz CT molecular complexity index is 1520. The fraction of sp³-hybridized carbons (Fsp3) is 0.250. The molecular formula is C28H26FN5O2. The molecule has 7 nitrogen and oxygen atoms in total. The van der Waals surface area contributed by atoms with Crippen LogP contribution in [0.4, 0.5) is 4.39 Å². The van der Waals surface area contributed by atoms with Crippen LogP contribution < -0.4 is 9.47 Å². The first-order valence-electron chi connectivity index (χ1n) is 12.2. The van der Waals surface area contributed by atoms with Crippen molar-refractivity contribution >= 4 is 10.9 Å². The summed E-state index contributed by atoms with van der Waals surface area (Å²) in [5.41, 5.74) is 5.67. The van der Waals surface area contributed by atoms with Crippen molar-refractivity contribution in [1.29, 1.82) is 0 Å². The zero-order valence-corrected chi connectivity index (χ0v) is 19.9. The highest BCUT2D eigenvalue weighted by Crippen LogP contribution is 2.34. The number of rotatable bonds is 6. The summed E-state index contributed by atoms with van der Waals surface area (Å²) in [4.78, 5) is 12.1. The molecule has 1 aliphatic rings. The molecule has 0 amide bonds. The third-order valence-corrected chi connectivity index (χ3v) is 6.70. The molecule has 0 saturated heterocycles. The molecule has 0 atom stereocenters. The number of H-pyrrole nitrogens is 2. The molecule has 1 aliphatic carbocycles. The number of nitrogens with one attached hydrogen (secondary N) is 2. The van der Waals surface area contributed by atoms with Crippen LogP contribution >= 0.6 is 0 Å². The van der Waals surface area contributed by atoms with E-state index in [-0.39, 0.29) is 11.9 Å². The van der Waals surface area contributed by atoms with E-state index in [0.717, 1.165) is 57.7 Å². The molecule has 0 unspecified atom stereocenters. The summed E-state index contributed by atoms with van der Waals surface area (Å²) >= 11 is 0.